The van der Waals surface area contributed by atoms with E-state index >= 15 is 0 Å². The molecule has 0 saturated carbocycles. The maximum atomic E-state index is 12.7. The van der Waals surface area contributed by atoms with Crippen molar-refractivity contribution in [1.29, 1.82) is 0 Å². The van der Waals surface area contributed by atoms with Gasteiger partial charge in [-0.05, 0) is 62.9 Å². The van der Waals surface area contributed by atoms with E-state index in [-0.39, 0.29) is 17.7 Å². The van der Waals surface area contributed by atoms with Crippen LogP contribution in [-0.4, -0.2) is 39.3 Å². The molecule has 1 atom stereocenters. The van der Waals surface area contributed by atoms with E-state index in [4.69, 9.17) is 4.74 Å². The lowest BCUT2D eigenvalue weighted by Crippen LogP contribution is -2.39. The predicted octanol–water partition coefficient (Wildman–Crippen LogP) is 3.43. The number of ether oxygens (including phenoxy) is 1. The summed E-state index contributed by atoms with van der Waals surface area (Å²) in [5, 5.41) is 2.92. The summed E-state index contributed by atoms with van der Waals surface area (Å²) in [5.74, 6) is 0.693. The number of hydrogen-bond acceptors (Lipinski definition) is 4. The van der Waals surface area contributed by atoms with Gasteiger partial charge in [0.05, 0.1) is 17.5 Å². The monoisotopic (exact) mass is 416 g/mol. The lowest BCUT2D eigenvalue weighted by molar-refractivity contribution is 0.0926. The molecule has 156 valence electrons. The largest absolute Gasteiger partial charge is 0.491 e. The molecule has 1 aliphatic heterocycles. The molecule has 0 bridgehead atoms. The number of rotatable bonds is 6. The van der Waals surface area contributed by atoms with Crippen LogP contribution in [0.15, 0.2) is 42.5 Å². The first-order valence-electron chi connectivity index (χ1n) is 9.88. The van der Waals surface area contributed by atoms with Gasteiger partial charge in [-0.25, -0.2) is 8.42 Å². The van der Waals surface area contributed by atoms with E-state index in [9.17, 15) is 13.2 Å². The Kier molecular flexibility index (Phi) is 6.47. The molecule has 6 nitrogen and oxygen atoms in total. The number of carbonyl (C=O) groups is 1. The summed E-state index contributed by atoms with van der Waals surface area (Å²) in [6.07, 6.45) is 1.50. The van der Waals surface area contributed by atoms with Crippen molar-refractivity contribution in [2.45, 2.75) is 39.7 Å². The van der Waals surface area contributed by atoms with Crippen LogP contribution in [0.5, 0.6) is 5.75 Å². The van der Waals surface area contributed by atoms with Crippen LogP contribution in [0.25, 0.3) is 0 Å². The molecular weight excluding hydrogens is 388 g/mol. The normalized spacial score (nSPS) is 16.9. The number of aryl methyl sites for hydroxylation is 2. The molecule has 1 heterocycles. The maximum Gasteiger partial charge on any atom is 0.251 e. The van der Waals surface area contributed by atoms with Crippen LogP contribution in [0, 0.1) is 13.8 Å². The average molecular weight is 417 g/mol. The summed E-state index contributed by atoms with van der Waals surface area (Å²) in [5.41, 5.74) is 2.90. The quantitative estimate of drug-likeness (QED) is 0.783. The Morgan fingerprint density at radius 3 is 2.62 bits per heavy atom. The van der Waals surface area contributed by atoms with Gasteiger partial charge in [0.2, 0.25) is 10.0 Å². The molecule has 1 aliphatic rings. The number of anilines is 1. The van der Waals surface area contributed by atoms with Crippen molar-refractivity contribution in [1.82, 2.24) is 5.32 Å². The number of nitrogens with one attached hydrogen (secondary N) is 1. The number of para-hydroxylation sites is 1. The number of nitrogens with zero attached hydrogens (tertiary/aromatic N) is 1. The third-order valence-electron chi connectivity index (χ3n) is 5.05. The Labute approximate surface area is 172 Å². The van der Waals surface area contributed by atoms with Crippen molar-refractivity contribution in [2.75, 3.05) is 23.2 Å². The van der Waals surface area contributed by atoms with Crippen molar-refractivity contribution in [2.24, 2.45) is 0 Å². The van der Waals surface area contributed by atoms with E-state index in [1.807, 2.05) is 45.0 Å². The van der Waals surface area contributed by atoms with Crippen LogP contribution >= 0.6 is 0 Å². The second kappa shape index (κ2) is 8.86. The van der Waals surface area contributed by atoms with E-state index in [0.29, 0.717) is 30.8 Å². The fourth-order valence-corrected chi connectivity index (χ4v) is 5.05. The molecule has 1 unspecified atom stereocenters. The molecule has 7 heteroatoms. The molecule has 0 radical (unpaired) electrons. The molecule has 0 aliphatic carbocycles. The first-order valence-corrected chi connectivity index (χ1v) is 11.5. The van der Waals surface area contributed by atoms with Gasteiger partial charge in [-0.1, -0.05) is 24.3 Å². The van der Waals surface area contributed by atoms with Gasteiger partial charge < -0.3 is 10.1 Å². The minimum atomic E-state index is -3.33. The third kappa shape index (κ3) is 5.09. The average Bonchev–Trinajstić information content (AvgIpc) is 2.67. The van der Waals surface area contributed by atoms with Crippen molar-refractivity contribution in [3.63, 3.8) is 0 Å². The highest BCUT2D eigenvalue weighted by Gasteiger charge is 2.27. The van der Waals surface area contributed by atoms with Gasteiger partial charge in [-0.3, -0.25) is 9.10 Å². The fraction of sp³-hybridized carbons (Fsp3) is 0.409. The van der Waals surface area contributed by atoms with Crippen LogP contribution in [0.3, 0.4) is 0 Å². The highest BCUT2D eigenvalue weighted by Crippen LogP contribution is 2.28. The topological polar surface area (TPSA) is 75.7 Å². The second-order valence-corrected chi connectivity index (χ2v) is 9.56. The molecule has 29 heavy (non-hydrogen) atoms. The van der Waals surface area contributed by atoms with Gasteiger partial charge in [0.25, 0.3) is 5.91 Å². The minimum absolute atomic E-state index is 0.149. The minimum Gasteiger partial charge on any atom is -0.491 e. The van der Waals surface area contributed by atoms with E-state index in [2.05, 4.69) is 5.32 Å². The molecule has 1 amide bonds. The molecule has 1 fully saturated rings. The van der Waals surface area contributed by atoms with Crippen molar-refractivity contribution in [3.8, 4) is 5.75 Å². The maximum absolute atomic E-state index is 12.7. The molecule has 3 rings (SSSR count). The number of carbonyl (C=O) groups excluding carboxylic acids is 1. The molecule has 1 N–H and O–H groups in total. The molecule has 2 aromatic carbocycles. The van der Waals surface area contributed by atoms with Crippen LogP contribution < -0.4 is 14.4 Å². The molecule has 0 aromatic heterocycles. The zero-order valence-corrected chi connectivity index (χ0v) is 18.0. The van der Waals surface area contributed by atoms with Crippen molar-refractivity contribution >= 4 is 21.6 Å². The SMILES string of the molecule is Cc1ccccc1OCC(C)NC(=O)c1ccc(C)c(N2CCCCS2(=O)=O)c1. The Morgan fingerprint density at radius 2 is 1.90 bits per heavy atom. The van der Waals surface area contributed by atoms with E-state index in [0.717, 1.165) is 23.3 Å². The first kappa shape index (κ1) is 21.2. The summed E-state index contributed by atoms with van der Waals surface area (Å²) in [4.78, 5) is 12.7. The highest BCUT2D eigenvalue weighted by molar-refractivity contribution is 7.92. The zero-order valence-electron chi connectivity index (χ0n) is 17.1. The second-order valence-electron chi connectivity index (χ2n) is 7.55. The van der Waals surface area contributed by atoms with Gasteiger partial charge in [0.1, 0.15) is 12.4 Å². The van der Waals surface area contributed by atoms with Gasteiger partial charge in [0.15, 0.2) is 0 Å². The zero-order chi connectivity index (χ0) is 21.0. The van der Waals surface area contributed by atoms with Crippen LogP contribution in [0.2, 0.25) is 0 Å². The summed E-state index contributed by atoms with van der Waals surface area (Å²) < 4.78 is 32.1. The fourth-order valence-electron chi connectivity index (χ4n) is 3.36. The summed E-state index contributed by atoms with van der Waals surface area (Å²) in [6, 6.07) is 12.7. The number of amides is 1. The molecular formula is C22H28N2O4S. The summed E-state index contributed by atoms with van der Waals surface area (Å²) in [7, 11) is -3.33. The van der Waals surface area contributed by atoms with Gasteiger partial charge in [0, 0.05) is 12.1 Å². The van der Waals surface area contributed by atoms with Crippen molar-refractivity contribution < 1.29 is 17.9 Å². The summed E-state index contributed by atoms with van der Waals surface area (Å²) >= 11 is 0. The van der Waals surface area contributed by atoms with E-state index in [1.165, 1.54) is 4.31 Å². The van der Waals surface area contributed by atoms with Gasteiger partial charge in [-0.2, -0.15) is 0 Å². The molecule has 1 saturated heterocycles. The van der Waals surface area contributed by atoms with Gasteiger partial charge >= 0.3 is 0 Å². The van der Waals surface area contributed by atoms with Crippen molar-refractivity contribution in [3.05, 3.63) is 59.2 Å². The number of sulfonamides is 1. The Morgan fingerprint density at radius 1 is 1.14 bits per heavy atom. The third-order valence-corrected chi connectivity index (χ3v) is 6.90. The molecule has 0 spiro atoms. The Balaban J connectivity index is 1.68. The number of hydrogen-bond donors (Lipinski definition) is 1. The smallest absolute Gasteiger partial charge is 0.251 e. The Hall–Kier alpha value is -2.54. The predicted molar refractivity (Wildman–Crippen MR) is 115 cm³/mol. The standard InChI is InChI=1S/C22H28N2O4S/c1-16-10-11-19(14-20(16)24-12-6-7-13-29(24,26)27)22(25)23-18(3)15-28-21-9-5-4-8-17(21)2/h4-5,8-11,14,18H,6-7,12-13,15H2,1-3H3,(H,23,25). The molecule has 2 aromatic rings. The van der Waals surface area contributed by atoms with E-state index in [1.54, 1.807) is 18.2 Å². The van der Waals surface area contributed by atoms with Gasteiger partial charge in [-0.15, -0.1) is 0 Å². The first-order chi connectivity index (χ1) is 13.8. The Bertz CT molecular complexity index is 988. The number of benzene rings is 2. The van der Waals surface area contributed by atoms with Crippen LogP contribution in [0.4, 0.5) is 5.69 Å². The van der Waals surface area contributed by atoms with Crippen LogP contribution in [-0.2, 0) is 10.0 Å². The lowest BCUT2D eigenvalue weighted by Gasteiger charge is -2.29. The van der Waals surface area contributed by atoms with Crippen LogP contribution in [0.1, 0.15) is 41.3 Å². The van der Waals surface area contributed by atoms with E-state index < -0.39 is 10.0 Å². The summed E-state index contributed by atoms with van der Waals surface area (Å²) in [6.45, 7) is 6.51. The lowest BCUT2D eigenvalue weighted by atomic mass is 10.1. The highest BCUT2D eigenvalue weighted by atomic mass is 32.2.